The third-order valence-electron chi connectivity index (χ3n) is 7.91. The second-order valence-corrected chi connectivity index (χ2v) is 11.6. The van der Waals surface area contributed by atoms with E-state index in [1.165, 1.54) is 0 Å². The molecular weight excluding hydrogens is 488 g/mol. The van der Waals surface area contributed by atoms with E-state index in [9.17, 15) is 14.7 Å². The number of nitrogens with zero attached hydrogens (tertiary/aromatic N) is 2. The lowest BCUT2D eigenvalue weighted by Crippen LogP contribution is -2.60. The third kappa shape index (κ3) is 5.64. The fourth-order valence-corrected chi connectivity index (χ4v) is 5.67. The van der Waals surface area contributed by atoms with E-state index in [1.807, 2.05) is 64.1 Å². The van der Waals surface area contributed by atoms with Crippen molar-refractivity contribution < 1.29 is 14.7 Å². The van der Waals surface area contributed by atoms with Gasteiger partial charge < -0.3 is 25.5 Å². The number of nitrogens with one attached hydrogen (secondary N) is 2. The van der Waals surface area contributed by atoms with Gasteiger partial charge in [0.2, 0.25) is 5.91 Å². The van der Waals surface area contributed by atoms with Gasteiger partial charge in [0.25, 0.3) is 5.91 Å². The zero-order valence-electron chi connectivity index (χ0n) is 22.3. The van der Waals surface area contributed by atoms with Crippen molar-refractivity contribution in [3.8, 4) is 0 Å². The molecule has 2 atom stereocenters. The van der Waals surface area contributed by atoms with Crippen molar-refractivity contribution in [1.82, 2.24) is 15.5 Å². The molecule has 0 aromatic heterocycles. The largest absolute Gasteiger partial charge is 0.384 e. The average molecular weight is 527 g/mol. The Bertz CT molecular complexity index is 1110. The molecular formula is C29H39ClN4O3. The minimum absolute atomic E-state index is 0.0945. The van der Waals surface area contributed by atoms with Crippen LogP contribution < -0.4 is 15.5 Å². The quantitative estimate of drug-likeness (QED) is 0.535. The molecule has 2 aliphatic heterocycles. The van der Waals surface area contributed by atoms with Gasteiger partial charge in [0.1, 0.15) is 6.04 Å². The number of carbonyl (C=O) groups is 2. The summed E-state index contributed by atoms with van der Waals surface area (Å²) in [6, 6.07) is 14.2. The first kappa shape index (κ1) is 27.4. The highest BCUT2D eigenvalue weighted by Crippen LogP contribution is 2.46. The highest BCUT2D eigenvalue weighted by atomic mass is 35.5. The van der Waals surface area contributed by atoms with Gasteiger partial charge in [-0.25, -0.2) is 0 Å². The van der Waals surface area contributed by atoms with E-state index in [0.29, 0.717) is 30.1 Å². The highest BCUT2D eigenvalue weighted by molar-refractivity contribution is 6.30. The van der Waals surface area contributed by atoms with Crippen molar-refractivity contribution in [3.05, 3.63) is 64.7 Å². The van der Waals surface area contributed by atoms with E-state index in [2.05, 4.69) is 15.5 Å². The minimum Gasteiger partial charge on any atom is -0.384 e. The molecule has 0 radical (unpaired) electrons. The van der Waals surface area contributed by atoms with Crippen molar-refractivity contribution >= 4 is 29.1 Å². The smallest absolute Gasteiger partial charge is 0.254 e. The molecule has 0 saturated carbocycles. The van der Waals surface area contributed by atoms with Gasteiger partial charge in [-0.15, -0.1) is 0 Å². The Kier molecular flexibility index (Phi) is 8.17. The number of anilines is 1. The van der Waals surface area contributed by atoms with Gasteiger partial charge in [-0.05, 0) is 42.2 Å². The summed E-state index contributed by atoms with van der Waals surface area (Å²) in [6.07, 6.45) is 0.401. The number of hydrogen-bond donors (Lipinski definition) is 3. The van der Waals surface area contributed by atoms with E-state index in [0.717, 1.165) is 37.4 Å². The van der Waals surface area contributed by atoms with Crippen LogP contribution in [-0.2, 0) is 10.4 Å². The number of hydrogen-bond acceptors (Lipinski definition) is 5. The van der Waals surface area contributed by atoms with Crippen LogP contribution in [0, 0.1) is 11.3 Å². The lowest BCUT2D eigenvalue weighted by Gasteiger charge is -2.51. The summed E-state index contributed by atoms with van der Waals surface area (Å²) in [5.74, 6) is -0.452. The van der Waals surface area contributed by atoms with Crippen LogP contribution in [-0.4, -0.2) is 67.1 Å². The Morgan fingerprint density at radius 2 is 1.68 bits per heavy atom. The molecule has 37 heavy (non-hydrogen) atoms. The molecule has 2 aliphatic rings. The van der Waals surface area contributed by atoms with Gasteiger partial charge >= 0.3 is 0 Å². The molecule has 2 heterocycles. The molecule has 3 N–H and O–H groups in total. The number of halogens is 1. The minimum atomic E-state index is -1.09. The van der Waals surface area contributed by atoms with Gasteiger partial charge in [0, 0.05) is 55.4 Å². The number of para-hydroxylation sites is 1. The van der Waals surface area contributed by atoms with E-state index in [4.69, 9.17) is 11.6 Å². The molecule has 0 unspecified atom stereocenters. The van der Waals surface area contributed by atoms with Crippen LogP contribution in [0.25, 0.3) is 0 Å². The third-order valence-corrected chi connectivity index (χ3v) is 8.16. The van der Waals surface area contributed by atoms with Gasteiger partial charge in [-0.3, -0.25) is 9.59 Å². The van der Waals surface area contributed by atoms with Crippen molar-refractivity contribution in [3.63, 3.8) is 0 Å². The SMILES string of the molecule is CC(C)[C@@H](NC(=O)c1ccccc1N1CCNCC1)C(=O)N1CC[C@](O)(c2ccc(Cl)cc2)C(C)(C)C1. The first-order chi connectivity index (χ1) is 17.5. The maximum atomic E-state index is 13.8. The molecule has 200 valence electrons. The van der Waals surface area contributed by atoms with Crippen LogP contribution in [0.1, 0.15) is 50.0 Å². The summed E-state index contributed by atoms with van der Waals surface area (Å²) >= 11 is 6.06. The summed E-state index contributed by atoms with van der Waals surface area (Å²) in [4.78, 5) is 31.2. The van der Waals surface area contributed by atoms with Crippen LogP contribution in [0.4, 0.5) is 5.69 Å². The average Bonchev–Trinajstić information content (AvgIpc) is 2.89. The number of rotatable bonds is 6. The zero-order valence-corrected chi connectivity index (χ0v) is 23.0. The van der Waals surface area contributed by atoms with Crippen molar-refractivity contribution in [1.29, 1.82) is 0 Å². The number of aliphatic hydroxyl groups is 1. The van der Waals surface area contributed by atoms with Crippen LogP contribution in [0.5, 0.6) is 0 Å². The van der Waals surface area contributed by atoms with Gasteiger partial charge in [-0.1, -0.05) is 63.6 Å². The Labute approximate surface area is 225 Å². The Hall–Kier alpha value is -2.61. The maximum Gasteiger partial charge on any atom is 0.254 e. The first-order valence-corrected chi connectivity index (χ1v) is 13.5. The molecule has 2 aromatic rings. The first-order valence-electron chi connectivity index (χ1n) is 13.2. The van der Waals surface area contributed by atoms with Crippen LogP contribution in [0.2, 0.25) is 5.02 Å². The number of amides is 2. The lowest BCUT2D eigenvalue weighted by molar-refractivity contribution is -0.155. The summed E-state index contributed by atoms with van der Waals surface area (Å²) in [6.45, 7) is 12.0. The lowest BCUT2D eigenvalue weighted by atomic mass is 9.66. The topological polar surface area (TPSA) is 84.9 Å². The van der Waals surface area contributed by atoms with Crippen molar-refractivity contribution in [2.75, 3.05) is 44.2 Å². The number of benzene rings is 2. The fourth-order valence-electron chi connectivity index (χ4n) is 5.55. The Morgan fingerprint density at radius 1 is 1.03 bits per heavy atom. The number of piperidine rings is 1. The maximum absolute atomic E-state index is 13.8. The van der Waals surface area contributed by atoms with E-state index in [1.54, 1.807) is 17.0 Å². The van der Waals surface area contributed by atoms with Crippen LogP contribution in [0.3, 0.4) is 0 Å². The number of likely N-dealkylation sites (tertiary alicyclic amines) is 1. The Morgan fingerprint density at radius 3 is 2.30 bits per heavy atom. The predicted molar refractivity (Wildman–Crippen MR) is 148 cm³/mol. The summed E-state index contributed by atoms with van der Waals surface area (Å²) in [5.41, 5.74) is 0.581. The molecule has 0 bridgehead atoms. The molecule has 7 nitrogen and oxygen atoms in total. The monoisotopic (exact) mass is 526 g/mol. The zero-order chi connectivity index (χ0) is 26.8. The summed E-state index contributed by atoms with van der Waals surface area (Å²) in [7, 11) is 0. The molecule has 4 rings (SSSR count). The van der Waals surface area contributed by atoms with Crippen LogP contribution in [0.15, 0.2) is 48.5 Å². The molecule has 2 amide bonds. The van der Waals surface area contributed by atoms with Crippen LogP contribution >= 0.6 is 11.6 Å². The molecule has 2 aromatic carbocycles. The second kappa shape index (κ2) is 11.0. The van der Waals surface area contributed by atoms with Gasteiger partial charge in [0.15, 0.2) is 0 Å². The van der Waals surface area contributed by atoms with E-state index >= 15 is 0 Å². The number of piperazine rings is 1. The fraction of sp³-hybridized carbons (Fsp3) is 0.517. The van der Waals surface area contributed by atoms with Gasteiger partial charge in [-0.2, -0.15) is 0 Å². The van der Waals surface area contributed by atoms with E-state index < -0.39 is 17.1 Å². The standard InChI is InChI=1S/C29H39ClN4O3/c1-20(2)25(32-26(35)23-7-5-6-8-24(23)33-17-14-31-15-18-33)27(36)34-16-13-29(37,28(3,4)19-34)21-9-11-22(30)12-10-21/h5-12,20,25,31,37H,13-19H2,1-4H3,(H,32,35)/t25-,29+/m1/s1. The second-order valence-electron chi connectivity index (χ2n) is 11.2. The van der Waals surface area contributed by atoms with Gasteiger partial charge in [0.05, 0.1) is 11.2 Å². The van der Waals surface area contributed by atoms with E-state index in [-0.39, 0.29) is 17.7 Å². The van der Waals surface area contributed by atoms with Crippen molar-refractivity contribution in [2.24, 2.45) is 11.3 Å². The van der Waals surface area contributed by atoms with Crippen molar-refractivity contribution in [2.45, 2.75) is 45.8 Å². The summed E-state index contributed by atoms with van der Waals surface area (Å²) < 4.78 is 0. The normalized spacial score (nSPS) is 22.6. The number of carbonyl (C=O) groups excluding carboxylic acids is 2. The molecule has 2 saturated heterocycles. The Balaban J connectivity index is 1.50. The summed E-state index contributed by atoms with van der Waals surface area (Å²) in [5, 5.41) is 18.7. The predicted octanol–water partition coefficient (Wildman–Crippen LogP) is 3.65. The molecule has 8 heteroatoms. The molecule has 2 fully saturated rings. The molecule has 0 aliphatic carbocycles. The molecule has 0 spiro atoms. The highest BCUT2D eigenvalue weighted by Gasteiger charge is 2.50.